The maximum Gasteiger partial charge on any atom is 0.387 e. The number of nitrogens with one attached hydrogen (secondary N) is 1. The number of nitrogens with zero attached hydrogens (tertiary/aromatic N) is 2. The summed E-state index contributed by atoms with van der Waals surface area (Å²) >= 11 is 1.82. The van der Waals surface area contributed by atoms with Crippen LogP contribution in [0.5, 0.6) is 5.75 Å². The zero-order valence-corrected chi connectivity index (χ0v) is 19.9. The zero-order valence-electron chi connectivity index (χ0n) is 19.1. The largest absolute Gasteiger partial charge is 0.435 e. The summed E-state index contributed by atoms with van der Waals surface area (Å²) < 4.78 is 47.7. The van der Waals surface area contributed by atoms with Crippen molar-refractivity contribution in [3.63, 3.8) is 0 Å². The van der Waals surface area contributed by atoms with Gasteiger partial charge < -0.3 is 10.1 Å². The van der Waals surface area contributed by atoms with E-state index < -0.39 is 29.6 Å². The third-order valence-electron chi connectivity index (χ3n) is 6.04. The summed E-state index contributed by atoms with van der Waals surface area (Å²) in [6.07, 6.45) is 1.58. The molecule has 0 saturated carbocycles. The summed E-state index contributed by atoms with van der Waals surface area (Å²) in [5, 5.41) is 2.97. The molecular formula is C24H26F3N3O3S. The van der Waals surface area contributed by atoms with Crippen LogP contribution in [0.4, 0.5) is 13.2 Å². The van der Waals surface area contributed by atoms with Gasteiger partial charge in [-0.2, -0.15) is 20.5 Å². The molecule has 1 aliphatic heterocycles. The van der Waals surface area contributed by atoms with Crippen LogP contribution in [0.3, 0.4) is 0 Å². The molecule has 1 N–H and O–H groups in total. The maximum absolute atomic E-state index is 15.2. The van der Waals surface area contributed by atoms with Gasteiger partial charge in [0.15, 0.2) is 0 Å². The summed E-state index contributed by atoms with van der Waals surface area (Å²) in [6.45, 7) is 2.53. The van der Waals surface area contributed by atoms with Crippen molar-refractivity contribution < 1.29 is 22.7 Å². The molecule has 4 rings (SSSR count). The van der Waals surface area contributed by atoms with Gasteiger partial charge in [-0.15, -0.1) is 0 Å². The molecule has 182 valence electrons. The summed E-state index contributed by atoms with van der Waals surface area (Å²) in [5.41, 5.74) is -0.200. The van der Waals surface area contributed by atoms with Crippen LogP contribution >= 0.6 is 11.8 Å². The summed E-state index contributed by atoms with van der Waals surface area (Å²) in [6, 6.07) is 7.88. The molecule has 0 spiro atoms. The predicted molar refractivity (Wildman–Crippen MR) is 127 cm³/mol. The zero-order chi connectivity index (χ0) is 24.6. The molecule has 6 nitrogen and oxygen atoms in total. The Balaban J connectivity index is 1.83. The van der Waals surface area contributed by atoms with Crippen LogP contribution in [-0.4, -0.2) is 38.7 Å². The van der Waals surface area contributed by atoms with Gasteiger partial charge in [0.05, 0.1) is 22.3 Å². The van der Waals surface area contributed by atoms with E-state index in [2.05, 4.69) is 10.1 Å². The van der Waals surface area contributed by atoms with Crippen molar-refractivity contribution in [2.24, 2.45) is 0 Å². The number of hydrogen-bond acceptors (Lipinski definition) is 4. The minimum Gasteiger partial charge on any atom is -0.435 e. The minimum atomic E-state index is -3.02. The van der Waals surface area contributed by atoms with E-state index >= 15 is 4.39 Å². The summed E-state index contributed by atoms with van der Waals surface area (Å²) in [4.78, 5) is 26.4. The number of amides is 1. The quantitative estimate of drug-likeness (QED) is 0.517. The first-order valence-electron chi connectivity index (χ1n) is 11.0. The average Bonchev–Trinajstić information content (AvgIpc) is 3.03. The first-order chi connectivity index (χ1) is 16.1. The van der Waals surface area contributed by atoms with Gasteiger partial charge in [0.25, 0.3) is 5.91 Å². The van der Waals surface area contributed by atoms with Gasteiger partial charge in [-0.1, -0.05) is 6.07 Å². The standard InChI is InChI=1S/C24H26F3N3O3S/c1-14(2)29-19-12-17(21(31)28-24(3)7-9-34-10-8-24)18(25)13-20(19)30(23(29)32)15-5-4-6-16(11-15)33-22(26)27/h4-6,11-14,22H,7-10H2,1-3H3,(H,28,31). The number of aromatic nitrogens is 2. The fraction of sp³-hybridized carbons (Fsp3) is 0.417. The van der Waals surface area contributed by atoms with Crippen LogP contribution in [0.25, 0.3) is 16.7 Å². The molecule has 1 amide bonds. The van der Waals surface area contributed by atoms with Crippen molar-refractivity contribution in [2.75, 3.05) is 11.5 Å². The molecular weight excluding hydrogens is 467 g/mol. The highest BCUT2D eigenvalue weighted by atomic mass is 32.2. The first-order valence-corrected chi connectivity index (χ1v) is 12.2. The van der Waals surface area contributed by atoms with Crippen LogP contribution in [0.15, 0.2) is 41.2 Å². The van der Waals surface area contributed by atoms with Gasteiger partial charge >= 0.3 is 12.3 Å². The number of thioether (sulfide) groups is 1. The second kappa shape index (κ2) is 9.40. The molecule has 1 aliphatic rings. The van der Waals surface area contributed by atoms with Crippen molar-refractivity contribution in [1.82, 2.24) is 14.5 Å². The second-order valence-electron chi connectivity index (χ2n) is 8.91. The predicted octanol–water partition coefficient (Wildman–Crippen LogP) is 5.13. The second-order valence-corrected chi connectivity index (χ2v) is 10.1. The van der Waals surface area contributed by atoms with Gasteiger partial charge in [0.2, 0.25) is 0 Å². The molecule has 0 atom stereocenters. The van der Waals surface area contributed by atoms with E-state index in [0.29, 0.717) is 5.52 Å². The Morgan fingerprint density at radius 1 is 1.15 bits per heavy atom. The number of fused-ring (bicyclic) bond motifs is 1. The van der Waals surface area contributed by atoms with Gasteiger partial charge in [-0.25, -0.2) is 9.18 Å². The first kappa shape index (κ1) is 24.3. The van der Waals surface area contributed by atoms with Gasteiger partial charge in [0, 0.05) is 23.7 Å². The van der Waals surface area contributed by atoms with E-state index in [1.165, 1.54) is 33.4 Å². The van der Waals surface area contributed by atoms with Crippen LogP contribution in [0, 0.1) is 5.82 Å². The Morgan fingerprint density at radius 3 is 2.50 bits per heavy atom. The number of carbonyl (C=O) groups is 1. The molecule has 1 aromatic heterocycles. The van der Waals surface area contributed by atoms with Crippen LogP contribution in [0.1, 0.15) is 50.0 Å². The number of alkyl halides is 2. The molecule has 2 aromatic carbocycles. The smallest absolute Gasteiger partial charge is 0.387 e. The Kier molecular flexibility index (Phi) is 6.71. The van der Waals surface area contributed by atoms with Crippen LogP contribution < -0.4 is 15.7 Å². The lowest BCUT2D eigenvalue weighted by molar-refractivity contribution is -0.0498. The van der Waals surface area contributed by atoms with E-state index in [4.69, 9.17) is 0 Å². The number of hydrogen-bond donors (Lipinski definition) is 1. The Bertz CT molecular complexity index is 1280. The van der Waals surface area contributed by atoms with Gasteiger partial charge in [-0.05, 0) is 63.3 Å². The average molecular weight is 494 g/mol. The van der Waals surface area contributed by atoms with E-state index in [-0.39, 0.29) is 28.6 Å². The Morgan fingerprint density at radius 2 is 1.85 bits per heavy atom. The number of halogens is 3. The summed E-state index contributed by atoms with van der Waals surface area (Å²) in [5.74, 6) is 0.412. The van der Waals surface area contributed by atoms with Gasteiger partial charge in [0.1, 0.15) is 11.6 Å². The van der Waals surface area contributed by atoms with Crippen molar-refractivity contribution in [1.29, 1.82) is 0 Å². The van der Waals surface area contributed by atoms with Crippen molar-refractivity contribution in [3.05, 3.63) is 58.3 Å². The molecule has 0 aliphatic carbocycles. The monoisotopic (exact) mass is 493 g/mol. The molecule has 1 fully saturated rings. The lowest BCUT2D eigenvalue weighted by atomic mass is 9.94. The molecule has 0 bridgehead atoms. The Hall–Kier alpha value is -2.88. The number of imidazole rings is 1. The third-order valence-corrected chi connectivity index (χ3v) is 7.02. The Labute approximate surface area is 199 Å². The van der Waals surface area contributed by atoms with E-state index in [0.717, 1.165) is 30.4 Å². The molecule has 10 heteroatoms. The fourth-order valence-corrected chi connectivity index (χ4v) is 5.64. The SMILES string of the molecule is CC(C)n1c(=O)n(-c2cccc(OC(F)F)c2)c2cc(F)c(C(=O)NC3(C)CCSCC3)cc21. The number of rotatable bonds is 6. The molecule has 3 aromatic rings. The van der Waals surface area contributed by atoms with E-state index in [9.17, 15) is 18.4 Å². The lowest BCUT2D eigenvalue weighted by Gasteiger charge is -2.34. The molecule has 34 heavy (non-hydrogen) atoms. The maximum atomic E-state index is 15.2. The topological polar surface area (TPSA) is 65.3 Å². The van der Waals surface area contributed by atoms with Crippen LogP contribution in [-0.2, 0) is 0 Å². The lowest BCUT2D eigenvalue weighted by Crippen LogP contribution is -2.48. The van der Waals surface area contributed by atoms with Gasteiger partial charge in [-0.3, -0.25) is 13.9 Å². The third kappa shape index (κ3) is 4.68. The van der Waals surface area contributed by atoms with Crippen LogP contribution in [0.2, 0.25) is 0 Å². The highest BCUT2D eigenvalue weighted by Crippen LogP contribution is 2.29. The summed E-state index contributed by atoms with van der Waals surface area (Å²) in [7, 11) is 0. The minimum absolute atomic E-state index is 0.125. The highest BCUT2D eigenvalue weighted by molar-refractivity contribution is 7.99. The fourth-order valence-electron chi connectivity index (χ4n) is 4.25. The number of carbonyl (C=O) groups excluding carboxylic acids is 1. The normalized spacial score (nSPS) is 15.8. The molecule has 2 heterocycles. The number of ether oxygens (including phenoxy) is 1. The van der Waals surface area contributed by atoms with Crippen molar-refractivity contribution >= 4 is 28.7 Å². The molecule has 1 saturated heterocycles. The number of benzene rings is 2. The van der Waals surface area contributed by atoms with E-state index in [1.807, 2.05) is 18.7 Å². The van der Waals surface area contributed by atoms with E-state index in [1.54, 1.807) is 19.9 Å². The van der Waals surface area contributed by atoms with Crippen molar-refractivity contribution in [2.45, 2.75) is 51.8 Å². The highest BCUT2D eigenvalue weighted by Gasteiger charge is 2.30. The van der Waals surface area contributed by atoms with Crippen molar-refractivity contribution in [3.8, 4) is 11.4 Å². The molecule has 0 unspecified atom stereocenters. The molecule has 0 radical (unpaired) electrons.